The van der Waals surface area contributed by atoms with Crippen LogP contribution in [0.25, 0.3) is 0 Å². The van der Waals surface area contributed by atoms with Crippen LogP contribution in [0.4, 0.5) is 5.69 Å². The zero-order valence-corrected chi connectivity index (χ0v) is 16.1. The van der Waals surface area contributed by atoms with Crippen molar-refractivity contribution in [2.45, 2.75) is 14.7 Å². The lowest BCUT2D eigenvalue weighted by atomic mass is 10.3. The predicted molar refractivity (Wildman–Crippen MR) is 96.9 cm³/mol. The Kier molecular flexibility index (Phi) is 5.73. The van der Waals surface area contributed by atoms with Crippen LogP contribution in [0.3, 0.4) is 0 Å². The number of nitrogens with two attached hydrogens (primary N) is 1. The molecule has 0 fully saturated rings. The molecule has 0 unspecified atom stereocenters. The first-order chi connectivity index (χ1) is 11.0. The molecule has 0 heterocycles. The van der Waals surface area contributed by atoms with Crippen LogP contribution in [-0.4, -0.2) is 23.1 Å². The molecule has 0 bridgehead atoms. The normalized spacial score (nSPS) is 12.2. The van der Waals surface area contributed by atoms with Gasteiger partial charge in [-0.3, -0.25) is 4.72 Å². The van der Waals surface area contributed by atoms with Gasteiger partial charge in [0.1, 0.15) is 0 Å². The smallest absolute Gasteiger partial charge is 0.238 e. The van der Waals surface area contributed by atoms with Crippen LogP contribution in [0.5, 0.6) is 0 Å². The number of anilines is 1. The lowest BCUT2D eigenvalue weighted by Crippen LogP contribution is -2.14. The number of benzene rings is 2. The van der Waals surface area contributed by atoms with Crippen molar-refractivity contribution < 1.29 is 16.8 Å². The number of halogens is 2. The summed E-state index contributed by atoms with van der Waals surface area (Å²) in [5.74, 6) is 0. The number of primary sulfonamides is 1. The van der Waals surface area contributed by atoms with Gasteiger partial charge in [0.25, 0.3) is 0 Å². The molecule has 11 heteroatoms. The van der Waals surface area contributed by atoms with Crippen LogP contribution < -0.4 is 9.86 Å². The first kappa shape index (κ1) is 19.4. The zero-order chi connectivity index (χ0) is 18.1. The monoisotopic (exact) mass is 426 g/mol. The first-order valence-electron chi connectivity index (χ1n) is 6.23. The van der Waals surface area contributed by atoms with Gasteiger partial charge in [-0.2, -0.15) is 0 Å². The van der Waals surface area contributed by atoms with Crippen molar-refractivity contribution in [2.24, 2.45) is 5.14 Å². The van der Waals surface area contributed by atoms with Crippen molar-refractivity contribution in [2.75, 3.05) is 11.0 Å². The third-order valence-corrected chi connectivity index (χ3v) is 5.98. The van der Waals surface area contributed by atoms with Crippen molar-refractivity contribution in [3.63, 3.8) is 0 Å². The van der Waals surface area contributed by atoms with Crippen molar-refractivity contribution in [3.8, 4) is 0 Å². The van der Waals surface area contributed by atoms with Crippen LogP contribution in [0.15, 0.2) is 51.1 Å². The van der Waals surface area contributed by atoms with E-state index in [9.17, 15) is 16.8 Å². The Hall–Kier alpha value is -0.970. The summed E-state index contributed by atoms with van der Waals surface area (Å²) >= 11 is 13.1. The fraction of sp³-hybridized carbons (Fsp3) is 0.0769. The molecule has 0 amide bonds. The maximum absolute atomic E-state index is 11.5. The molecule has 0 saturated carbocycles. The molecule has 2 aromatic rings. The Morgan fingerprint density at radius 1 is 1.00 bits per heavy atom. The number of hydrogen-bond acceptors (Lipinski definition) is 5. The van der Waals surface area contributed by atoms with Crippen LogP contribution in [-0.2, 0) is 20.0 Å². The van der Waals surface area contributed by atoms with E-state index >= 15 is 0 Å². The topological polar surface area (TPSA) is 106 Å². The van der Waals surface area contributed by atoms with E-state index in [0.29, 0.717) is 19.8 Å². The van der Waals surface area contributed by atoms with Gasteiger partial charge in [-0.05, 0) is 36.4 Å². The van der Waals surface area contributed by atoms with E-state index in [1.165, 1.54) is 18.2 Å². The van der Waals surface area contributed by atoms with Gasteiger partial charge in [0.05, 0.1) is 21.9 Å². The molecular formula is C13H12Cl2N2O4S3. The molecule has 0 radical (unpaired) electrons. The second-order valence-electron chi connectivity index (χ2n) is 4.75. The fourth-order valence-electron chi connectivity index (χ4n) is 1.72. The van der Waals surface area contributed by atoms with Gasteiger partial charge in [0, 0.05) is 14.8 Å². The number of rotatable bonds is 5. The number of sulfonamides is 2. The van der Waals surface area contributed by atoms with Crippen molar-refractivity contribution >= 4 is 60.7 Å². The average Bonchev–Trinajstić information content (AvgIpc) is 2.42. The third kappa shape index (κ3) is 5.27. The summed E-state index contributed by atoms with van der Waals surface area (Å²) in [6.45, 7) is 0. The van der Waals surface area contributed by atoms with E-state index in [0.717, 1.165) is 18.0 Å². The highest BCUT2D eigenvalue weighted by Gasteiger charge is 2.16. The molecular weight excluding hydrogens is 415 g/mol. The molecule has 0 saturated heterocycles. The van der Waals surface area contributed by atoms with E-state index in [2.05, 4.69) is 4.72 Å². The molecule has 0 spiro atoms. The molecule has 0 atom stereocenters. The third-order valence-electron chi connectivity index (χ3n) is 2.69. The lowest BCUT2D eigenvalue weighted by molar-refractivity contribution is 0.597. The molecule has 0 aliphatic heterocycles. The minimum Gasteiger partial charge on any atom is -0.283 e. The first-order valence-corrected chi connectivity index (χ1v) is 11.2. The van der Waals surface area contributed by atoms with E-state index in [-0.39, 0.29) is 10.6 Å². The number of hydrogen-bond donors (Lipinski definition) is 2. The summed E-state index contributed by atoms with van der Waals surface area (Å²) in [5, 5.41) is 5.94. The Morgan fingerprint density at radius 2 is 1.67 bits per heavy atom. The highest BCUT2D eigenvalue weighted by atomic mass is 35.5. The van der Waals surface area contributed by atoms with Crippen molar-refractivity contribution in [3.05, 3.63) is 46.4 Å². The van der Waals surface area contributed by atoms with Gasteiger partial charge >= 0.3 is 0 Å². The molecule has 0 aromatic heterocycles. The van der Waals surface area contributed by atoms with E-state index < -0.39 is 20.0 Å². The maximum atomic E-state index is 11.5. The molecule has 2 aromatic carbocycles. The summed E-state index contributed by atoms with van der Waals surface area (Å²) in [6, 6.07) is 8.57. The van der Waals surface area contributed by atoms with Crippen LogP contribution >= 0.6 is 35.0 Å². The van der Waals surface area contributed by atoms with Gasteiger partial charge in [0.15, 0.2) is 0 Å². The zero-order valence-electron chi connectivity index (χ0n) is 12.2. The Morgan fingerprint density at radius 3 is 2.25 bits per heavy atom. The fourth-order valence-corrected chi connectivity index (χ4v) is 4.45. The van der Waals surface area contributed by atoms with Crippen LogP contribution in [0, 0.1) is 0 Å². The summed E-state index contributed by atoms with van der Waals surface area (Å²) in [6.07, 6.45) is 0.987. The second kappa shape index (κ2) is 7.11. The quantitative estimate of drug-likeness (QED) is 0.763. The summed E-state index contributed by atoms with van der Waals surface area (Å²) < 4.78 is 48.4. The van der Waals surface area contributed by atoms with Gasteiger partial charge in [0.2, 0.25) is 20.0 Å². The highest BCUT2D eigenvalue weighted by Crippen LogP contribution is 2.39. The van der Waals surface area contributed by atoms with Crippen molar-refractivity contribution in [1.29, 1.82) is 0 Å². The SMILES string of the molecule is CS(=O)(=O)Nc1ccc(S(N)(=O)=O)cc1Sc1cc(Cl)ccc1Cl. The molecule has 3 N–H and O–H groups in total. The number of nitrogens with one attached hydrogen (secondary N) is 1. The minimum absolute atomic E-state index is 0.151. The Labute approximate surface area is 154 Å². The van der Waals surface area contributed by atoms with Gasteiger partial charge < -0.3 is 0 Å². The molecule has 0 aliphatic carbocycles. The molecule has 6 nitrogen and oxygen atoms in total. The van der Waals surface area contributed by atoms with Gasteiger partial charge in [-0.15, -0.1) is 0 Å². The Bertz CT molecular complexity index is 992. The van der Waals surface area contributed by atoms with Gasteiger partial charge in [-0.25, -0.2) is 22.0 Å². The minimum atomic E-state index is -3.95. The highest BCUT2D eigenvalue weighted by molar-refractivity contribution is 7.99. The van der Waals surface area contributed by atoms with Crippen LogP contribution in [0.2, 0.25) is 10.0 Å². The van der Waals surface area contributed by atoms with Crippen molar-refractivity contribution in [1.82, 2.24) is 0 Å². The van der Waals surface area contributed by atoms with Crippen LogP contribution in [0.1, 0.15) is 0 Å². The summed E-state index contributed by atoms with van der Waals surface area (Å²) in [4.78, 5) is 0.700. The van der Waals surface area contributed by atoms with Gasteiger partial charge in [-0.1, -0.05) is 35.0 Å². The van der Waals surface area contributed by atoms with E-state index in [1.54, 1.807) is 18.2 Å². The predicted octanol–water partition coefficient (Wildman–Crippen LogP) is 3.16. The standard InChI is InChI=1S/C13H12Cl2N2O4S3/c1-23(18,19)17-11-5-3-9(24(16,20)21)7-13(11)22-12-6-8(14)2-4-10(12)15/h2-7,17H,1H3,(H2,16,20,21). The molecule has 0 aliphatic rings. The molecule has 130 valence electrons. The van der Waals surface area contributed by atoms with E-state index in [4.69, 9.17) is 28.3 Å². The summed E-state index contributed by atoms with van der Waals surface area (Å²) in [5.41, 5.74) is 0.200. The molecule has 24 heavy (non-hydrogen) atoms. The molecule has 2 rings (SSSR count). The lowest BCUT2D eigenvalue weighted by Gasteiger charge is -2.13. The summed E-state index contributed by atoms with van der Waals surface area (Å²) in [7, 11) is -7.51. The average molecular weight is 427 g/mol. The largest absolute Gasteiger partial charge is 0.283 e. The van der Waals surface area contributed by atoms with E-state index in [1.807, 2.05) is 0 Å². The second-order valence-corrected chi connectivity index (χ2v) is 9.99. The Balaban J connectivity index is 2.57. The maximum Gasteiger partial charge on any atom is 0.238 e.